The molecular weight excluding hydrogens is 486 g/mol. The maximum absolute atomic E-state index is 6.79. The van der Waals surface area contributed by atoms with Gasteiger partial charge in [-0.25, -0.2) is 0 Å². The molecule has 2 nitrogen and oxygen atoms in total. The van der Waals surface area contributed by atoms with Crippen LogP contribution in [0, 0.1) is 0 Å². The summed E-state index contributed by atoms with van der Waals surface area (Å²) >= 11 is 0. The highest BCUT2D eigenvalue weighted by atomic mass is 16.3. The molecule has 0 aliphatic rings. The molecule has 0 bridgehead atoms. The summed E-state index contributed by atoms with van der Waals surface area (Å²) < 4.78 is 6.79. The maximum atomic E-state index is 6.79. The number of para-hydroxylation sites is 2. The number of fused-ring (bicyclic) bond motifs is 5. The second-order valence-electron chi connectivity index (χ2n) is 10.2. The predicted octanol–water partition coefficient (Wildman–Crippen LogP) is 11.0. The fourth-order valence-electron chi connectivity index (χ4n) is 6.00. The normalized spacial score (nSPS) is 11.5. The van der Waals surface area contributed by atoms with Gasteiger partial charge in [-0.15, -0.1) is 0 Å². The third-order valence-corrected chi connectivity index (χ3v) is 7.80. The molecule has 0 spiro atoms. The van der Waals surface area contributed by atoms with Gasteiger partial charge in [-0.2, -0.15) is 0 Å². The molecule has 0 saturated heterocycles. The number of nitrogens with zero attached hydrogens (tertiary/aromatic N) is 1. The van der Waals surface area contributed by atoms with E-state index in [2.05, 4.69) is 157 Å². The fourth-order valence-corrected chi connectivity index (χ4v) is 6.00. The highest BCUT2D eigenvalue weighted by molar-refractivity contribution is 6.22. The Balaban J connectivity index is 1.48. The molecule has 0 fully saturated rings. The third kappa shape index (κ3) is 3.58. The van der Waals surface area contributed by atoms with Gasteiger partial charge in [0.05, 0.1) is 11.1 Å². The predicted molar refractivity (Wildman–Crippen MR) is 169 cm³/mol. The molecule has 2 heteroatoms. The average molecular weight is 512 g/mol. The zero-order valence-corrected chi connectivity index (χ0v) is 21.8. The number of hydrogen-bond acceptors (Lipinski definition) is 2. The Hall–Kier alpha value is -5.34. The van der Waals surface area contributed by atoms with Crippen molar-refractivity contribution in [2.75, 3.05) is 4.90 Å². The summed E-state index contributed by atoms with van der Waals surface area (Å²) in [5.41, 5.74) is 7.38. The third-order valence-electron chi connectivity index (χ3n) is 7.80. The Kier molecular flexibility index (Phi) is 5.17. The monoisotopic (exact) mass is 511 g/mol. The highest BCUT2D eigenvalue weighted by Gasteiger charge is 2.22. The van der Waals surface area contributed by atoms with Gasteiger partial charge in [-0.1, -0.05) is 103 Å². The molecule has 0 N–H and O–H groups in total. The van der Waals surface area contributed by atoms with E-state index in [4.69, 9.17) is 4.42 Å². The molecule has 8 rings (SSSR count). The van der Waals surface area contributed by atoms with Gasteiger partial charge in [0, 0.05) is 22.3 Å². The summed E-state index contributed by atoms with van der Waals surface area (Å²) in [6.45, 7) is 0. The Morgan fingerprint density at radius 3 is 1.85 bits per heavy atom. The second-order valence-corrected chi connectivity index (χ2v) is 10.2. The first-order valence-electron chi connectivity index (χ1n) is 13.6. The Morgan fingerprint density at radius 1 is 0.450 bits per heavy atom. The van der Waals surface area contributed by atoms with Gasteiger partial charge < -0.3 is 9.32 Å². The van der Waals surface area contributed by atoms with E-state index in [0.29, 0.717) is 0 Å². The molecule has 40 heavy (non-hydrogen) atoms. The molecule has 0 saturated carbocycles. The minimum absolute atomic E-state index is 0.877. The van der Waals surface area contributed by atoms with Crippen LogP contribution in [0.4, 0.5) is 17.1 Å². The van der Waals surface area contributed by atoms with Crippen LogP contribution in [0.5, 0.6) is 0 Å². The van der Waals surface area contributed by atoms with Crippen LogP contribution in [0.2, 0.25) is 0 Å². The van der Waals surface area contributed by atoms with Crippen LogP contribution in [0.15, 0.2) is 156 Å². The Labute approximate surface area is 232 Å². The van der Waals surface area contributed by atoms with Crippen molar-refractivity contribution in [3.63, 3.8) is 0 Å². The molecule has 1 heterocycles. The van der Waals surface area contributed by atoms with Crippen LogP contribution >= 0.6 is 0 Å². The van der Waals surface area contributed by atoms with Gasteiger partial charge in [-0.3, -0.25) is 0 Å². The maximum Gasteiger partial charge on any atom is 0.143 e. The first-order valence-corrected chi connectivity index (χ1v) is 13.6. The average Bonchev–Trinajstić information content (AvgIpc) is 3.39. The quantitative estimate of drug-likeness (QED) is 0.234. The first kappa shape index (κ1) is 22.6. The van der Waals surface area contributed by atoms with Crippen molar-refractivity contribution < 1.29 is 4.42 Å². The molecular formula is C38H25NO. The Bertz CT molecular complexity index is 2120. The minimum atomic E-state index is 0.877. The van der Waals surface area contributed by atoms with E-state index < -0.39 is 0 Å². The molecule has 0 aliphatic heterocycles. The van der Waals surface area contributed by atoms with Crippen LogP contribution in [0.1, 0.15) is 0 Å². The number of benzene rings is 7. The van der Waals surface area contributed by atoms with Gasteiger partial charge in [0.1, 0.15) is 11.2 Å². The largest absolute Gasteiger partial charge is 0.455 e. The lowest BCUT2D eigenvalue weighted by Crippen LogP contribution is -2.09. The number of hydrogen-bond donors (Lipinski definition) is 0. The number of anilines is 3. The topological polar surface area (TPSA) is 16.4 Å². The molecule has 0 unspecified atom stereocenters. The van der Waals surface area contributed by atoms with E-state index in [1.165, 1.54) is 21.5 Å². The molecule has 0 atom stereocenters. The highest BCUT2D eigenvalue weighted by Crippen LogP contribution is 2.46. The van der Waals surface area contributed by atoms with Crippen molar-refractivity contribution in [3.05, 3.63) is 152 Å². The van der Waals surface area contributed by atoms with E-state index in [-0.39, 0.29) is 0 Å². The zero-order valence-electron chi connectivity index (χ0n) is 21.8. The van der Waals surface area contributed by atoms with Crippen LogP contribution in [-0.2, 0) is 0 Å². The van der Waals surface area contributed by atoms with Gasteiger partial charge in [-0.05, 0) is 75.6 Å². The van der Waals surface area contributed by atoms with Crippen LogP contribution in [0.25, 0.3) is 54.6 Å². The summed E-state index contributed by atoms with van der Waals surface area (Å²) in [7, 11) is 0. The SMILES string of the molecule is c1ccc(N(c2ccccc2)c2cccc3oc4c(-c5ccc6ccccc6c5)c5ccccc5cc4c23)cc1. The van der Waals surface area contributed by atoms with E-state index >= 15 is 0 Å². The fraction of sp³-hybridized carbons (Fsp3) is 0. The smallest absolute Gasteiger partial charge is 0.143 e. The number of rotatable bonds is 4. The van der Waals surface area contributed by atoms with Crippen molar-refractivity contribution in [2.45, 2.75) is 0 Å². The van der Waals surface area contributed by atoms with E-state index in [0.717, 1.165) is 50.1 Å². The molecule has 0 radical (unpaired) electrons. The van der Waals surface area contributed by atoms with Crippen molar-refractivity contribution in [2.24, 2.45) is 0 Å². The van der Waals surface area contributed by atoms with E-state index in [1.54, 1.807) is 0 Å². The summed E-state index contributed by atoms with van der Waals surface area (Å²) in [4.78, 5) is 2.32. The van der Waals surface area contributed by atoms with Gasteiger partial charge in [0.25, 0.3) is 0 Å². The number of furan rings is 1. The summed E-state index contributed by atoms with van der Waals surface area (Å²) in [6.07, 6.45) is 0. The molecule has 0 amide bonds. The summed E-state index contributed by atoms with van der Waals surface area (Å²) in [6, 6.07) is 53.6. The first-order chi connectivity index (χ1) is 19.8. The molecule has 0 aliphatic carbocycles. The van der Waals surface area contributed by atoms with Crippen LogP contribution in [-0.4, -0.2) is 0 Å². The lowest BCUT2D eigenvalue weighted by Gasteiger charge is -2.26. The zero-order chi connectivity index (χ0) is 26.5. The van der Waals surface area contributed by atoms with Crippen LogP contribution in [0.3, 0.4) is 0 Å². The molecule has 8 aromatic rings. The summed E-state index contributed by atoms with van der Waals surface area (Å²) in [5, 5.41) is 7.06. The van der Waals surface area contributed by atoms with Crippen molar-refractivity contribution in [1.82, 2.24) is 0 Å². The molecule has 188 valence electrons. The standard InChI is InChI=1S/C38H25NO/c1-3-15-30(16-4-1)39(31-17-5-2-6-18-31)34-20-11-21-35-37(34)33-25-28-14-9-10-19-32(28)36(38(33)40-35)29-23-22-26-12-7-8-13-27(26)24-29/h1-25H. The van der Waals surface area contributed by atoms with E-state index in [9.17, 15) is 0 Å². The lowest BCUT2D eigenvalue weighted by atomic mass is 9.93. The van der Waals surface area contributed by atoms with Gasteiger partial charge in [0.15, 0.2) is 0 Å². The Morgan fingerprint density at radius 2 is 1.10 bits per heavy atom. The lowest BCUT2D eigenvalue weighted by molar-refractivity contribution is 0.670. The minimum Gasteiger partial charge on any atom is -0.455 e. The summed E-state index contributed by atoms with van der Waals surface area (Å²) in [5.74, 6) is 0. The van der Waals surface area contributed by atoms with Crippen LogP contribution < -0.4 is 4.90 Å². The second kappa shape index (κ2) is 9.14. The van der Waals surface area contributed by atoms with Gasteiger partial charge >= 0.3 is 0 Å². The van der Waals surface area contributed by atoms with E-state index in [1.807, 2.05) is 0 Å². The van der Waals surface area contributed by atoms with Gasteiger partial charge in [0.2, 0.25) is 0 Å². The van der Waals surface area contributed by atoms with Crippen molar-refractivity contribution >= 4 is 60.5 Å². The van der Waals surface area contributed by atoms with Crippen molar-refractivity contribution in [3.8, 4) is 11.1 Å². The molecule has 1 aromatic heterocycles. The van der Waals surface area contributed by atoms with Crippen molar-refractivity contribution in [1.29, 1.82) is 0 Å². The molecule has 7 aromatic carbocycles.